The number of carbonyl (C=O) groups excluding carboxylic acids is 3. The van der Waals surface area contributed by atoms with Gasteiger partial charge in [0.05, 0.1) is 30.6 Å². The molecule has 0 bridgehead atoms. The molecule has 2 heterocycles. The number of H-pyrrole nitrogens is 1. The molecular formula is C40H36N7O11P. The van der Waals surface area contributed by atoms with Crippen LogP contribution in [-0.4, -0.2) is 61.3 Å². The van der Waals surface area contributed by atoms with E-state index in [4.69, 9.17) is 27.8 Å². The summed E-state index contributed by atoms with van der Waals surface area (Å²) in [5, 5.41) is 15.3. The second-order valence-corrected chi connectivity index (χ2v) is 14.2. The Kier molecular flexibility index (Phi) is 14.1. The lowest BCUT2D eigenvalue weighted by molar-refractivity contribution is -0.140. The average Bonchev–Trinajstić information content (AvgIpc) is 3.19. The van der Waals surface area contributed by atoms with E-state index in [1.54, 1.807) is 61.6 Å². The molecule has 0 radical (unpaired) electrons. The standard InChI is InChI=1S/C40H36N7O11P/c1-4-55-59(54,56-5-2)57-19-18-25-7-9-26(10-8-25)21-32(48)30-15-6-24(3)20-33(30)58-34(49)17-16-31(39(52)53)45-37(50)27-11-13-28(14-12-27)42-22-29-23-43-36-35(44-29)38(51)47-40(41)46-36/h1-2,6-15,20,23,31,42H,16-19,21-22H2,3H3,(H,45,50)(H,52,53)(H3,41,43,46,47,51)/t31-/m0/s1. The van der Waals surface area contributed by atoms with Crippen molar-refractivity contribution in [2.45, 2.75) is 45.2 Å². The first-order chi connectivity index (χ1) is 28.2. The Morgan fingerprint density at radius 3 is 2.36 bits per heavy atom. The normalized spacial score (nSPS) is 11.4. The predicted octanol–water partition coefficient (Wildman–Crippen LogP) is 4.09. The maximum atomic E-state index is 13.4. The van der Waals surface area contributed by atoms with Gasteiger partial charge in [0, 0.05) is 24.1 Å². The molecule has 302 valence electrons. The maximum absolute atomic E-state index is 13.4. The van der Waals surface area contributed by atoms with Crippen molar-refractivity contribution in [2.75, 3.05) is 17.7 Å². The summed E-state index contributed by atoms with van der Waals surface area (Å²) in [5.41, 5.74) is 8.62. The molecule has 6 N–H and O–H groups in total. The topological polar surface area (TPSA) is 264 Å². The van der Waals surface area contributed by atoms with Crippen LogP contribution < -0.4 is 26.7 Å². The summed E-state index contributed by atoms with van der Waals surface area (Å²) >= 11 is 0. The number of hydrogen-bond acceptors (Lipinski definition) is 15. The number of amides is 1. The molecule has 0 spiro atoms. The fourth-order valence-corrected chi connectivity index (χ4v) is 6.16. The van der Waals surface area contributed by atoms with E-state index < -0.39 is 37.3 Å². The molecule has 3 aromatic carbocycles. The lowest BCUT2D eigenvalue weighted by atomic mass is 10.00. The Hall–Kier alpha value is -7.53. The molecule has 1 amide bonds. The number of hydrogen-bond donors (Lipinski definition) is 5. The number of ketones is 1. The zero-order valence-corrected chi connectivity index (χ0v) is 32.2. The third-order valence-electron chi connectivity index (χ3n) is 8.37. The third kappa shape index (κ3) is 12.0. The number of nitrogens with two attached hydrogens (primary N) is 1. The first kappa shape index (κ1) is 42.6. The van der Waals surface area contributed by atoms with Crippen LogP contribution >= 0.6 is 7.82 Å². The predicted molar refractivity (Wildman–Crippen MR) is 213 cm³/mol. The van der Waals surface area contributed by atoms with Gasteiger partial charge in [0.15, 0.2) is 16.9 Å². The molecule has 0 unspecified atom stereocenters. The van der Waals surface area contributed by atoms with Crippen LogP contribution in [0.4, 0.5) is 11.6 Å². The number of phosphoric acid groups is 1. The number of benzene rings is 3. The van der Waals surface area contributed by atoms with Gasteiger partial charge in [-0.05, 0) is 72.9 Å². The minimum atomic E-state index is -4.09. The number of Topliss-reactive ketones (excluding diaryl/α,β-unsaturated/α-hetero) is 1. The fourth-order valence-electron chi connectivity index (χ4n) is 5.45. The highest BCUT2D eigenvalue weighted by molar-refractivity contribution is 7.48. The number of esters is 1. The van der Waals surface area contributed by atoms with Gasteiger partial charge in [-0.25, -0.2) is 19.3 Å². The van der Waals surface area contributed by atoms with Crippen LogP contribution in [0.1, 0.15) is 55.9 Å². The van der Waals surface area contributed by atoms with Gasteiger partial charge >= 0.3 is 19.8 Å². The molecule has 0 aliphatic heterocycles. The van der Waals surface area contributed by atoms with Gasteiger partial charge in [0.2, 0.25) is 5.95 Å². The summed E-state index contributed by atoms with van der Waals surface area (Å²) in [6.07, 6.45) is 14.4. The van der Waals surface area contributed by atoms with Crippen molar-refractivity contribution in [3.05, 3.63) is 117 Å². The molecule has 18 nitrogen and oxygen atoms in total. The number of aryl methyl sites for hydroxylation is 1. The first-order valence-corrected chi connectivity index (χ1v) is 19.1. The molecule has 5 aromatic rings. The number of nitrogens with one attached hydrogen (secondary N) is 3. The van der Waals surface area contributed by atoms with Crippen molar-refractivity contribution < 1.29 is 47.2 Å². The van der Waals surface area contributed by atoms with Crippen LogP contribution in [0.25, 0.3) is 11.2 Å². The summed E-state index contributed by atoms with van der Waals surface area (Å²) in [7, 11) is -4.09. The summed E-state index contributed by atoms with van der Waals surface area (Å²) in [5.74, 6) is -3.27. The maximum Gasteiger partial charge on any atom is 0.604 e. The van der Waals surface area contributed by atoms with Gasteiger partial charge in [-0.1, -0.05) is 43.2 Å². The van der Waals surface area contributed by atoms with E-state index >= 15 is 0 Å². The van der Waals surface area contributed by atoms with E-state index in [9.17, 15) is 33.6 Å². The van der Waals surface area contributed by atoms with E-state index in [0.29, 0.717) is 28.9 Å². The number of aliphatic carboxylic acids is 1. The SMILES string of the molecule is C#COP(=O)(OC#C)OCCc1ccc(CC(=O)c2ccc(C)cc2OC(=O)CC[C@H](NC(=O)c2ccc(NCc3cnc4nc(N)[nH]c(=O)c4n3)cc2)C(=O)O)cc1. The monoisotopic (exact) mass is 821 g/mol. The Bertz CT molecular complexity index is 2550. The number of phosphoric ester groups is 1. The lowest BCUT2D eigenvalue weighted by Crippen LogP contribution is -2.41. The molecule has 5 rings (SSSR count). The number of aromatic nitrogens is 4. The van der Waals surface area contributed by atoms with Crippen molar-refractivity contribution in [3.8, 4) is 30.8 Å². The molecule has 0 aliphatic rings. The van der Waals surface area contributed by atoms with Gasteiger partial charge in [-0.15, -0.1) is 0 Å². The Morgan fingerprint density at radius 2 is 1.68 bits per heavy atom. The van der Waals surface area contributed by atoms with Gasteiger partial charge in [0.1, 0.15) is 24.0 Å². The molecule has 0 saturated heterocycles. The molecule has 0 saturated carbocycles. The summed E-state index contributed by atoms with van der Waals surface area (Å²) < 4.78 is 31.9. The zero-order valence-electron chi connectivity index (χ0n) is 31.3. The number of anilines is 2. The number of carboxylic acids is 1. The highest BCUT2D eigenvalue weighted by Crippen LogP contribution is 2.48. The fraction of sp³-hybridized carbons (Fsp3) is 0.200. The summed E-state index contributed by atoms with van der Waals surface area (Å²) in [6.45, 7) is 1.85. The molecule has 0 fully saturated rings. The zero-order chi connectivity index (χ0) is 42.5. The van der Waals surface area contributed by atoms with Gasteiger partial charge < -0.3 is 35.3 Å². The number of fused-ring (bicyclic) bond motifs is 1. The van der Waals surface area contributed by atoms with E-state index in [2.05, 4.69) is 39.6 Å². The van der Waals surface area contributed by atoms with Crippen LogP contribution in [0, 0.1) is 32.0 Å². The van der Waals surface area contributed by atoms with Crippen molar-refractivity contribution in [3.63, 3.8) is 0 Å². The number of carbonyl (C=O) groups is 4. The van der Waals surface area contributed by atoms with E-state index in [0.717, 1.165) is 5.56 Å². The van der Waals surface area contributed by atoms with Crippen LogP contribution in [0.3, 0.4) is 0 Å². The molecule has 0 aliphatic carbocycles. The number of rotatable bonds is 19. The van der Waals surface area contributed by atoms with Gasteiger partial charge in [0.25, 0.3) is 11.5 Å². The Labute approximate surface area is 336 Å². The summed E-state index contributed by atoms with van der Waals surface area (Å²) in [4.78, 5) is 78.1. The van der Waals surface area contributed by atoms with Crippen LogP contribution in [0.5, 0.6) is 5.75 Å². The van der Waals surface area contributed by atoms with Gasteiger partial charge in [-0.3, -0.25) is 28.7 Å². The van der Waals surface area contributed by atoms with Crippen molar-refractivity contribution >= 4 is 54.3 Å². The third-order valence-corrected chi connectivity index (χ3v) is 9.52. The van der Waals surface area contributed by atoms with E-state index in [1.807, 2.05) is 0 Å². The van der Waals surface area contributed by atoms with Crippen molar-refractivity contribution in [2.24, 2.45) is 0 Å². The Balaban J connectivity index is 1.12. The number of ether oxygens (including phenoxy) is 1. The minimum absolute atomic E-state index is 0.00898. The van der Waals surface area contributed by atoms with Crippen LogP contribution in [0.15, 0.2) is 77.7 Å². The first-order valence-electron chi connectivity index (χ1n) is 17.6. The number of carboxylic acid groups (broad SMARTS) is 1. The molecular weight excluding hydrogens is 785 g/mol. The number of nitrogen functional groups attached to an aromatic ring is 1. The van der Waals surface area contributed by atoms with E-state index in [1.165, 1.54) is 30.5 Å². The van der Waals surface area contributed by atoms with Crippen LogP contribution in [0.2, 0.25) is 0 Å². The quantitative estimate of drug-likeness (QED) is 0.0258. The number of terminal acetylenes is 2. The van der Waals surface area contributed by atoms with Crippen molar-refractivity contribution in [1.29, 1.82) is 0 Å². The minimum Gasteiger partial charge on any atom is -0.480 e. The largest absolute Gasteiger partial charge is 0.604 e. The summed E-state index contributed by atoms with van der Waals surface area (Å²) in [6, 6.07) is 16.4. The second-order valence-electron chi connectivity index (χ2n) is 12.7. The highest BCUT2D eigenvalue weighted by atomic mass is 31.2. The lowest BCUT2D eigenvalue weighted by Gasteiger charge is -2.15. The second kappa shape index (κ2) is 19.6. The van der Waals surface area contributed by atoms with E-state index in [-0.39, 0.29) is 72.2 Å². The Morgan fingerprint density at radius 1 is 0.983 bits per heavy atom. The molecule has 19 heteroatoms. The van der Waals surface area contributed by atoms with Crippen LogP contribution in [-0.2, 0) is 47.1 Å². The number of nitrogens with zero attached hydrogens (tertiary/aromatic N) is 3. The molecule has 59 heavy (non-hydrogen) atoms. The smallest absolute Gasteiger partial charge is 0.480 e. The average molecular weight is 822 g/mol. The highest BCUT2D eigenvalue weighted by Gasteiger charge is 2.28. The van der Waals surface area contributed by atoms with Crippen molar-refractivity contribution in [1.82, 2.24) is 25.3 Å². The molecule has 1 atom stereocenters. The van der Waals surface area contributed by atoms with Gasteiger partial charge in [-0.2, -0.15) is 4.98 Å². The molecule has 2 aromatic heterocycles. The number of aromatic amines is 1.